The number of Topliss-reactive ketones (excluding diaryl/α,β-unsaturated/α-hetero) is 1. The zero-order valence-electron chi connectivity index (χ0n) is 10.1. The molecule has 0 saturated carbocycles. The molecule has 1 nitrogen and oxygen atoms in total. The smallest absolute Gasteiger partial charge is 0.211 e. The molecule has 0 aliphatic carbocycles. The van der Waals surface area contributed by atoms with Gasteiger partial charge in [0.1, 0.15) is 11.5 Å². The van der Waals surface area contributed by atoms with E-state index in [9.17, 15) is 4.79 Å². The second kappa shape index (κ2) is 5.05. The van der Waals surface area contributed by atoms with Crippen molar-refractivity contribution in [3.05, 3.63) is 34.9 Å². The highest BCUT2D eigenvalue weighted by molar-refractivity contribution is 7.97. The molecule has 0 unspecified atom stereocenters. The molecule has 1 aliphatic rings. The molecule has 1 heterocycles. The zero-order valence-corrected chi connectivity index (χ0v) is 10.9. The number of benzene rings is 1. The van der Waals surface area contributed by atoms with Gasteiger partial charge in [0.15, 0.2) is 5.75 Å². The van der Waals surface area contributed by atoms with Crippen LogP contribution >= 0.6 is 0 Å². The Morgan fingerprint density at radius 1 is 1.19 bits per heavy atom. The fraction of sp³-hybridized carbons (Fsp3) is 0.500. The molecule has 0 bridgehead atoms. The summed E-state index contributed by atoms with van der Waals surface area (Å²) in [5.74, 6) is 3.67. The molecule has 2 rings (SSSR count). The third kappa shape index (κ3) is 2.67. The van der Waals surface area contributed by atoms with Crippen LogP contribution in [0.3, 0.4) is 0 Å². The predicted molar refractivity (Wildman–Crippen MR) is 71.4 cm³/mol. The maximum atomic E-state index is 12.1. The number of hydrogen-bond acceptors (Lipinski definition) is 1. The van der Waals surface area contributed by atoms with Crippen LogP contribution in [-0.2, 0) is 10.9 Å². The first-order valence-corrected chi connectivity index (χ1v) is 7.64. The van der Waals surface area contributed by atoms with E-state index in [4.69, 9.17) is 0 Å². The molecular formula is C14H19OS+. The van der Waals surface area contributed by atoms with Crippen LogP contribution in [0.1, 0.15) is 34.3 Å². The van der Waals surface area contributed by atoms with Crippen molar-refractivity contribution in [2.45, 2.75) is 26.7 Å². The van der Waals surface area contributed by atoms with E-state index >= 15 is 0 Å². The Balaban J connectivity index is 2.05. The average molecular weight is 235 g/mol. The van der Waals surface area contributed by atoms with Gasteiger partial charge in [-0.05, 0) is 54.8 Å². The Morgan fingerprint density at radius 2 is 1.88 bits per heavy atom. The first-order valence-electron chi connectivity index (χ1n) is 5.91. The van der Waals surface area contributed by atoms with Gasteiger partial charge < -0.3 is 0 Å². The SMILES string of the molecule is Cc1ccc(C(=O)C[S+]2CCCC2)cc1C. The molecule has 1 aliphatic heterocycles. The molecule has 0 N–H and O–H groups in total. The summed E-state index contributed by atoms with van der Waals surface area (Å²) in [6.45, 7) is 4.16. The maximum Gasteiger partial charge on any atom is 0.211 e. The van der Waals surface area contributed by atoms with Crippen molar-refractivity contribution in [3.63, 3.8) is 0 Å². The lowest BCUT2D eigenvalue weighted by Crippen LogP contribution is -2.18. The van der Waals surface area contributed by atoms with Gasteiger partial charge in [-0.3, -0.25) is 4.79 Å². The molecule has 0 atom stereocenters. The summed E-state index contributed by atoms with van der Waals surface area (Å²) in [6.07, 6.45) is 2.65. The Morgan fingerprint density at radius 3 is 2.50 bits per heavy atom. The van der Waals surface area contributed by atoms with Crippen LogP contribution in [0.2, 0.25) is 0 Å². The van der Waals surface area contributed by atoms with E-state index in [1.54, 1.807) is 0 Å². The van der Waals surface area contributed by atoms with E-state index in [0.29, 0.717) is 16.7 Å². The molecule has 86 valence electrons. The van der Waals surface area contributed by atoms with E-state index in [1.807, 2.05) is 12.1 Å². The van der Waals surface area contributed by atoms with Gasteiger partial charge in [-0.25, -0.2) is 0 Å². The number of rotatable bonds is 3. The van der Waals surface area contributed by atoms with Gasteiger partial charge >= 0.3 is 0 Å². The van der Waals surface area contributed by atoms with Crippen molar-refractivity contribution in [3.8, 4) is 0 Å². The van der Waals surface area contributed by atoms with E-state index in [1.165, 1.54) is 35.5 Å². The largest absolute Gasteiger partial charge is 0.289 e. The number of ketones is 1. The van der Waals surface area contributed by atoms with Crippen molar-refractivity contribution in [1.82, 2.24) is 0 Å². The monoisotopic (exact) mass is 235 g/mol. The van der Waals surface area contributed by atoms with Crippen LogP contribution in [0, 0.1) is 13.8 Å². The minimum Gasteiger partial charge on any atom is -0.289 e. The lowest BCUT2D eigenvalue weighted by Gasteiger charge is -2.04. The third-order valence-corrected chi connectivity index (χ3v) is 5.68. The van der Waals surface area contributed by atoms with E-state index in [-0.39, 0.29) is 0 Å². The zero-order chi connectivity index (χ0) is 11.5. The van der Waals surface area contributed by atoms with Gasteiger partial charge in [0.25, 0.3) is 0 Å². The minimum atomic E-state index is 0.341. The van der Waals surface area contributed by atoms with Crippen molar-refractivity contribution in [1.29, 1.82) is 0 Å². The van der Waals surface area contributed by atoms with E-state index in [2.05, 4.69) is 19.9 Å². The summed E-state index contributed by atoms with van der Waals surface area (Å²) in [5, 5.41) is 0. The topological polar surface area (TPSA) is 17.1 Å². The summed E-state index contributed by atoms with van der Waals surface area (Å²) < 4.78 is 0. The average Bonchev–Trinajstić information content (AvgIpc) is 2.74. The quantitative estimate of drug-likeness (QED) is 0.581. The fourth-order valence-corrected chi connectivity index (χ4v) is 4.30. The normalized spacial score (nSPS) is 16.6. The van der Waals surface area contributed by atoms with Crippen LogP contribution in [0.15, 0.2) is 18.2 Å². The minimum absolute atomic E-state index is 0.341. The van der Waals surface area contributed by atoms with E-state index < -0.39 is 0 Å². The highest BCUT2D eigenvalue weighted by Crippen LogP contribution is 2.16. The highest BCUT2D eigenvalue weighted by atomic mass is 32.2. The van der Waals surface area contributed by atoms with Crippen molar-refractivity contribution >= 4 is 16.7 Å². The molecular weight excluding hydrogens is 216 g/mol. The standard InChI is InChI=1S/C14H19OS/c1-11-5-6-13(9-12(11)2)14(15)10-16-7-3-4-8-16/h5-6,9H,3-4,7-8,10H2,1-2H3/q+1. The molecule has 16 heavy (non-hydrogen) atoms. The molecule has 2 heteroatoms. The molecule has 0 amide bonds. The number of hydrogen-bond donors (Lipinski definition) is 0. The molecule has 1 aromatic carbocycles. The summed E-state index contributed by atoms with van der Waals surface area (Å²) in [7, 11) is 0.381. The third-order valence-electron chi connectivity index (χ3n) is 3.28. The fourth-order valence-electron chi connectivity index (χ4n) is 2.04. The first-order chi connectivity index (χ1) is 7.66. The summed E-state index contributed by atoms with van der Waals surface area (Å²) in [5.41, 5.74) is 3.39. The summed E-state index contributed by atoms with van der Waals surface area (Å²) >= 11 is 0. The number of aryl methyl sites for hydroxylation is 2. The van der Waals surface area contributed by atoms with E-state index in [0.717, 1.165) is 11.3 Å². The van der Waals surface area contributed by atoms with Crippen LogP contribution in [0.5, 0.6) is 0 Å². The summed E-state index contributed by atoms with van der Waals surface area (Å²) in [6, 6.07) is 6.07. The molecule has 1 saturated heterocycles. The number of carbonyl (C=O) groups is 1. The highest BCUT2D eigenvalue weighted by Gasteiger charge is 2.27. The summed E-state index contributed by atoms with van der Waals surface area (Å²) in [4.78, 5) is 12.1. The van der Waals surface area contributed by atoms with Crippen LogP contribution in [0.25, 0.3) is 0 Å². The van der Waals surface area contributed by atoms with Gasteiger partial charge in [0.2, 0.25) is 5.78 Å². The molecule has 1 aromatic rings. The van der Waals surface area contributed by atoms with Crippen molar-refractivity contribution < 1.29 is 4.79 Å². The predicted octanol–water partition coefficient (Wildman–Crippen LogP) is 2.90. The van der Waals surface area contributed by atoms with Gasteiger partial charge in [-0.2, -0.15) is 0 Å². The van der Waals surface area contributed by atoms with Gasteiger partial charge in [-0.15, -0.1) is 0 Å². The van der Waals surface area contributed by atoms with Crippen molar-refractivity contribution in [2.24, 2.45) is 0 Å². The number of carbonyl (C=O) groups excluding carboxylic acids is 1. The second-order valence-electron chi connectivity index (χ2n) is 4.59. The van der Waals surface area contributed by atoms with Crippen LogP contribution in [0.4, 0.5) is 0 Å². The van der Waals surface area contributed by atoms with Crippen LogP contribution in [-0.4, -0.2) is 23.0 Å². The first kappa shape index (κ1) is 11.7. The Bertz CT molecular complexity index is 392. The Hall–Kier alpha value is -0.760. The maximum absolute atomic E-state index is 12.1. The molecule has 0 radical (unpaired) electrons. The van der Waals surface area contributed by atoms with Gasteiger partial charge in [0.05, 0.1) is 0 Å². The second-order valence-corrected chi connectivity index (χ2v) is 6.92. The molecule has 0 spiro atoms. The lowest BCUT2D eigenvalue weighted by atomic mass is 10.0. The molecule has 1 fully saturated rings. The Kier molecular flexibility index (Phi) is 3.70. The van der Waals surface area contributed by atoms with Gasteiger partial charge in [-0.1, -0.05) is 12.1 Å². The lowest BCUT2D eigenvalue weighted by molar-refractivity contribution is 0.102. The van der Waals surface area contributed by atoms with Gasteiger partial charge in [0, 0.05) is 5.56 Å². The van der Waals surface area contributed by atoms with Crippen molar-refractivity contribution in [2.75, 3.05) is 17.3 Å². The Labute approximate surface area is 101 Å². The van der Waals surface area contributed by atoms with Crippen LogP contribution < -0.4 is 0 Å². The molecule has 0 aromatic heterocycles.